The highest BCUT2D eigenvalue weighted by atomic mass is 16.2. The number of carbonyl (C=O) groups excluding carboxylic acids is 2. The van der Waals surface area contributed by atoms with Gasteiger partial charge >= 0.3 is 0 Å². The third-order valence-electron chi connectivity index (χ3n) is 6.98. The first-order valence-corrected chi connectivity index (χ1v) is 12.0. The van der Waals surface area contributed by atoms with Crippen LogP contribution in [0.25, 0.3) is 11.3 Å². The predicted molar refractivity (Wildman–Crippen MR) is 129 cm³/mol. The van der Waals surface area contributed by atoms with E-state index < -0.39 is 0 Å². The van der Waals surface area contributed by atoms with Crippen LogP contribution in [0.1, 0.15) is 41.6 Å². The number of hydrogen-bond acceptors (Lipinski definition) is 5. The van der Waals surface area contributed by atoms with E-state index in [1.54, 1.807) is 18.6 Å². The molecule has 0 saturated carbocycles. The van der Waals surface area contributed by atoms with Gasteiger partial charge in [0.1, 0.15) is 6.33 Å². The second-order valence-electron chi connectivity index (χ2n) is 9.17. The summed E-state index contributed by atoms with van der Waals surface area (Å²) in [6.07, 6.45) is 10.9. The summed E-state index contributed by atoms with van der Waals surface area (Å²) in [5.74, 6) is 0.514. The molecule has 2 aromatic heterocycles. The average Bonchev–Trinajstić information content (AvgIpc) is 3.22. The number of pyridine rings is 1. The van der Waals surface area contributed by atoms with E-state index >= 15 is 0 Å². The molecule has 2 fully saturated rings. The first-order valence-electron chi connectivity index (χ1n) is 12.0. The number of fused-ring (bicyclic) bond motifs is 1. The van der Waals surface area contributed by atoms with E-state index in [2.05, 4.69) is 27.1 Å². The number of rotatable bonds is 5. The fourth-order valence-corrected chi connectivity index (χ4v) is 5.14. The van der Waals surface area contributed by atoms with Crippen molar-refractivity contribution in [2.75, 3.05) is 19.6 Å². The molecule has 0 bridgehead atoms. The molecule has 2 aliphatic heterocycles. The largest absolute Gasteiger partial charge is 0.340 e. The average molecular weight is 456 g/mol. The Hall–Kier alpha value is -3.61. The van der Waals surface area contributed by atoms with Crippen LogP contribution in [-0.4, -0.2) is 62.2 Å². The van der Waals surface area contributed by atoms with Crippen LogP contribution in [0.2, 0.25) is 0 Å². The van der Waals surface area contributed by atoms with Crippen molar-refractivity contribution in [3.05, 3.63) is 78.5 Å². The first-order chi connectivity index (χ1) is 16.7. The van der Waals surface area contributed by atoms with E-state index in [0.717, 1.165) is 50.0 Å². The van der Waals surface area contributed by atoms with Crippen LogP contribution < -0.4 is 0 Å². The summed E-state index contributed by atoms with van der Waals surface area (Å²) in [4.78, 5) is 43.0. The Morgan fingerprint density at radius 2 is 1.76 bits per heavy atom. The number of likely N-dealkylation sites (tertiary alicyclic amines) is 2. The summed E-state index contributed by atoms with van der Waals surface area (Å²) in [5.41, 5.74) is 3.31. The fourth-order valence-electron chi connectivity index (χ4n) is 5.14. The van der Waals surface area contributed by atoms with Crippen molar-refractivity contribution < 1.29 is 9.59 Å². The van der Waals surface area contributed by atoms with Gasteiger partial charge in [-0.25, -0.2) is 9.97 Å². The lowest BCUT2D eigenvalue weighted by Crippen LogP contribution is -2.44. The van der Waals surface area contributed by atoms with Gasteiger partial charge in [-0.1, -0.05) is 36.8 Å². The molecular formula is C27H29N5O2. The van der Waals surface area contributed by atoms with Gasteiger partial charge in [-0.05, 0) is 42.9 Å². The van der Waals surface area contributed by atoms with Gasteiger partial charge in [0.15, 0.2) is 0 Å². The molecule has 0 N–H and O–H groups in total. The van der Waals surface area contributed by atoms with Crippen molar-refractivity contribution in [1.29, 1.82) is 0 Å². The lowest BCUT2D eigenvalue weighted by atomic mass is 9.98. The van der Waals surface area contributed by atoms with Crippen molar-refractivity contribution >= 4 is 11.8 Å². The van der Waals surface area contributed by atoms with E-state index in [0.29, 0.717) is 24.4 Å². The third-order valence-corrected chi connectivity index (χ3v) is 6.98. The minimum absolute atomic E-state index is 0.00107. The smallest absolute Gasteiger partial charge is 0.255 e. The predicted octanol–water partition coefficient (Wildman–Crippen LogP) is 3.62. The molecule has 174 valence electrons. The molecule has 7 heteroatoms. The molecule has 0 radical (unpaired) electrons. The van der Waals surface area contributed by atoms with Gasteiger partial charge in [0.25, 0.3) is 5.91 Å². The van der Waals surface area contributed by atoms with Gasteiger partial charge in [-0.3, -0.25) is 14.6 Å². The molecule has 0 aliphatic carbocycles. The summed E-state index contributed by atoms with van der Waals surface area (Å²) in [5, 5.41) is 0. The van der Waals surface area contributed by atoms with Crippen LogP contribution in [0, 0.1) is 5.92 Å². The molecule has 34 heavy (non-hydrogen) atoms. The molecule has 0 spiro atoms. The number of hydrogen-bond donors (Lipinski definition) is 0. The molecular weight excluding hydrogens is 426 g/mol. The van der Waals surface area contributed by atoms with Crippen molar-refractivity contribution in [2.45, 2.75) is 38.1 Å². The highest BCUT2D eigenvalue weighted by Crippen LogP contribution is 2.31. The minimum Gasteiger partial charge on any atom is -0.340 e. The summed E-state index contributed by atoms with van der Waals surface area (Å²) in [6.45, 7) is 2.09. The van der Waals surface area contributed by atoms with Crippen molar-refractivity contribution in [2.24, 2.45) is 5.92 Å². The fraction of sp³-hybridized carbons (Fsp3) is 0.370. The van der Waals surface area contributed by atoms with Crippen LogP contribution in [0.4, 0.5) is 0 Å². The van der Waals surface area contributed by atoms with Crippen molar-refractivity contribution in [1.82, 2.24) is 24.8 Å². The minimum atomic E-state index is -0.00107. The molecule has 7 nitrogen and oxygen atoms in total. The zero-order valence-electron chi connectivity index (χ0n) is 19.2. The number of aryl methyl sites for hydroxylation is 1. The zero-order valence-corrected chi connectivity index (χ0v) is 19.2. The molecule has 5 rings (SSSR count). The second kappa shape index (κ2) is 10.1. The van der Waals surface area contributed by atoms with Crippen LogP contribution in [0.3, 0.4) is 0 Å². The van der Waals surface area contributed by atoms with E-state index in [4.69, 9.17) is 0 Å². The molecule has 0 unspecified atom stereocenters. The molecule has 2 amide bonds. The van der Waals surface area contributed by atoms with E-state index in [-0.39, 0.29) is 17.9 Å². The Morgan fingerprint density at radius 3 is 2.53 bits per heavy atom. The van der Waals surface area contributed by atoms with Gasteiger partial charge in [0, 0.05) is 50.2 Å². The van der Waals surface area contributed by atoms with Gasteiger partial charge in [-0.15, -0.1) is 0 Å². The van der Waals surface area contributed by atoms with Crippen LogP contribution in [0.15, 0.2) is 67.4 Å². The standard InChI is InChI=1S/C27H29N5O2/c33-26(12-9-20-6-2-1-3-7-20)31-17-22-8-4-5-13-32(25(22)18-31)27(34)21-10-11-24(30-16-21)23-14-28-19-29-15-23/h1-3,6-7,10-11,14-16,19,22,25H,4-5,8-9,12-13,17-18H2/t22-,25+/m0/s1. The highest BCUT2D eigenvalue weighted by molar-refractivity contribution is 5.94. The monoisotopic (exact) mass is 455 g/mol. The van der Waals surface area contributed by atoms with Gasteiger partial charge in [0.05, 0.1) is 17.3 Å². The molecule has 2 aliphatic rings. The van der Waals surface area contributed by atoms with Crippen LogP contribution in [-0.2, 0) is 11.2 Å². The summed E-state index contributed by atoms with van der Waals surface area (Å²) >= 11 is 0. The van der Waals surface area contributed by atoms with Gasteiger partial charge < -0.3 is 9.80 Å². The molecule has 1 aromatic carbocycles. The highest BCUT2D eigenvalue weighted by Gasteiger charge is 2.41. The Balaban J connectivity index is 1.26. The third kappa shape index (κ3) is 4.83. The van der Waals surface area contributed by atoms with Gasteiger partial charge in [-0.2, -0.15) is 0 Å². The van der Waals surface area contributed by atoms with Crippen LogP contribution in [0.5, 0.6) is 0 Å². The molecule has 2 saturated heterocycles. The maximum atomic E-state index is 13.5. The van der Waals surface area contributed by atoms with Crippen molar-refractivity contribution in [3.8, 4) is 11.3 Å². The molecule has 2 atom stereocenters. The van der Waals surface area contributed by atoms with E-state index in [9.17, 15) is 9.59 Å². The van der Waals surface area contributed by atoms with Gasteiger partial charge in [0.2, 0.25) is 5.91 Å². The first kappa shape index (κ1) is 22.2. The number of carbonyl (C=O) groups is 2. The van der Waals surface area contributed by atoms with Crippen LogP contribution >= 0.6 is 0 Å². The quantitative estimate of drug-likeness (QED) is 0.587. The Bertz CT molecular complexity index is 1120. The van der Waals surface area contributed by atoms with E-state index in [1.165, 1.54) is 11.9 Å². The number of aromatic nitrogens is 3. The maximum absolute atomic E-state index is 13.5. The Labute approximate surface area is 199 Å². The molecule has 4 heterocycles. The topological polar surface area (TPSA) is 79.3 Å². The SMILES string of the molecule is O=C(CCc1ccccc1)N1C[C@@H]2CCCCN(C(=O)c3ccc(-c4cncnc4)nc3)[C@@H]2C1. The normalized spacial score (nSPS) is 20.0. The molecule has 3 aromatic rings. The number of nitrogens with zero attached hydrogens (tertiary/aromatic N) is 5. The summed E-state index contributed by atoms with van der Waals surface area (Å²) in [6, 6.07) is 13.9. The second-order valence-corrected chi connectivity index (χ2v) is 9.17. The Kier molecular flexibility index (Phi) is 6.60. The summed E-state index contributed by atoms with van der Waals surface area (Å²) in [7, 11) is 0. The van der Waals surface area contributed by atoms with Crippen molar-refractivity contribution in [3.63, 3.8) is 0 Å². The zero-order chi connectivity index (χ0) is 23.3. The Morgan fingerprint density at radius 1 is 0.941 bits per heavy atom. The lowest BCUT2D eigenvalue weighted by molar-refractivity contribution is -0.130. The lowest BCUT2D eigenvalue weighted by Gasteiger charge is -2.30. The summed E-state index contributed by atoms with van der Waals surface area (Å²) < 4.78 is 0. The number of benzene rings is 1. The maximum Gasteiger partial charge on any atom is 0.255 e. The van der Waals surface area contributed by atoms with E-state index in [1.807, 2.05) is 40.1 Å². The number of amides is 2.